The van der Waals surface area contributed by atoms with Crippen LogP contribution >= 0.6 is 23.1 Å². The van der Waals surface area contributed by atoms with E-state index in [2.05, 4.69) is 15.5 Å². The first-order valence-corrected chi connectivity index (χ1v) is 7.17. The van der Waals surface area contributed by atoms with E-state index in [9.17, 15) is 9.59 Å². The second-order valence-corrected chi connectivity index (χ2v) is 5.90. The molecule has 0 unspecified atom stereocenters. The lowest BCUT2D eigenvalue weighted by Gasteiger charge is -2.18. The number of carboxylic acids is 1. The van der Waals surface area contributed by atoms with Crippen LogP contribution in [0.5, 0.6) is 0 Å². The SMILES string of the molecule is C/C(=N/N=C1/NC(=O)C[C@@H](C(=O)O)S1)c1cccs1. The third-order valence-electron chi connectivity index (χ3n) is 2.32. The smallest absolute Gasteiger partial charge is 0.317 e. The van der Waals surface area contributed by atoms with Gasteiger partial charge in [0.2, 0.25) is 5.91 Å². The van der Waals surface area contributed by atoms with Gasteiger partial charge in [-0.05, 0) is 18.4 Å². The number of nitrogens with one attached hydrogen (secondary N) is 1. The summed E-state index contributed by atoms with van der Waals surface area (Å²) in [5.41, 5.74) is 0.717. The zero-order valence-electron chi connectivity index (χ0n) is 9.99. The summed E-state index contributed by atoms with van der Waals surface area (Å²) in [7, 11) is 0. The van der Waals surface area contributed by atoms with Crippen LogP contribution in [0.3, 0.4) is 0 Å². The molecule has 1 amide bonds. The van der Waals surface area contributed by atoms with Gasteiger partial charge >= 0.3 is 5.97 Å². The largest absolute Gasteiger partial charge is 0.480 e. The number of amides is 1. The summed E-state index contributed by atoms with van der Waals surface area (Å²) in [6, 6.07) is 3.82. The van der Waals surface area contributed by atoms with Crippen molar-refractivity contribution in [3.8, 4) is 0 Å². The maximum atomic E-state index is 11.3. The van der Waals surface area contributed by atoms with Crippen LogP contribution in [-0.2, 0) is 9.59 Å². The van der Waals surface area contributed by atoms with E-state index < -0.39 is 11.2 Å². The topological polar surface area (TPSA) is 91.1 Å². The Morgan fingerprint density at radius 2 is 2.37 bits per heavy atom. The number of rotatable bonds is 3. The molecule has 1 saturated heterocycles. The predicted octanol–water partition coefficient (Wildman–Crippen LogP) is 1.53. The van der Waals surface area contributed by atoms with Crippen molar-refractivity contribution < 1.29 is 14.7 Å². The van der Waals surface area contributed by atoms with Crippen LogP contribution in [0.15, 0.2) is 27.7 Å². The maximum Gasteiger partial charge on any atom is 0.317 e. The van der Waals surface area contributed by atoms with Crippen LogP contribution in [0.1, 0.15) is 18.2 Å². The fourth-order valence-electron chi connectivity index (χ4n) is 1.38. The Morgan fingerprint density at radius 1 is 1.58 bits per heavy atom. The van der Waals surface area contributed by atoms with Crippen LogP contribution in [-0.4, -0.2) is 33.1 Å². The zero-order chi connectivity index (χ0) is 13.8. The monoisotopic (exact) mass is 297 g/mol. The number of hydrogen-bond acceptors (Lipinski definition) is 6. The number of thioether (sulfide) groups is 1. The summed E-state index contributed by atoms with van der Waals surface area (Å²) in [5, 5.41) is 20.7. The van der Waals surface area contributed by atoms with Gasteiger partial charge < -0.3 is 10.4 Å². The highest BCUT2D eigenvalue weighted by molar-refractivity contribution is 8.15. The molecule has 1 aromatic heterocycles. The van der Waals surface area contributed by atoms with Crippen molar-refractivity contribution in [3.63, 3.8) is 0 Å². The standard InChI is InChI=1S/C11H11N3O3S2/c1-6(7-3-2-4-18-7)13-14-11-12-9(15)5-8(19-11)10(16)17/h2-4,8H,5H2,1H3,(H,16,17)(H,12,14,15)/b13-6-/t8-/m0/s1. The third kappa shape index (κ3) is 3.65. The third-order valence-corrected chi connectivity index (χ3v) is 4.35. The number of carbonyl (C=O) groups excluding carboxylic acids is 1. The molecule has 6 nitrogen and oxygen atoms in total. The van der Waals surface area contributed by atoms with Gasteiger partial charge in [0.15, 0.2) is 5.17 Å². The van der Waals surface area contributed by atoms with Crippen LogP contribution in [0.4, 0.5) is 0 Å². The average Bonchev–Trinajstić information content (AvgIpc) is 2.89. The molecule has 1 fully saturated rings. The Labute approximate surface area is 117 Å². The Morgan fingerprint density at radius 3 is 3.00 bits per heavy atom. The average molecular weight is 297 g/mol. The summed E-state index contributed by atoms with van der Waals surface area (Å²) < 4.78 is 0. The van der Waals surface area contributed by atoms with Gasteiger partial charge in [-0.1, -0.05) is 17.8 Å². The van der Waals surface area contributed by atoms with Crippen molar-refractivity contribution in [2.24, 2.45) is 10.2 Å². The minimum absolute atomic E-state index is 0.0490. The fraction of sp³-hybridized carbons (Fsp3) is 0.273. The Bertz CT molecular complexity index is 552. The molecule has 100 valence electrons. The summed E-state index contributed by atoms with van der Waals surface area (Å²) in [6.07, 6.45) is -0.0490. The predicted molar refractivity (Wildman–Crippen MR) is 75.7 cm³/mol. The van der Waals surface area contributed by atoms with E-state index in [1.165, 1.54) is 11.3 Å². The lowest BCUT2D eigenvalue weighted by molar-refractivity contribution is -0.138. The van der Waals surface area contributed by atoms with Gasteiger partial charge in [-0.2, -0.15) is 5.10 Å². The molecule has 0 aromatic carbocycles. The second-order valence-electron chi connectivity index (χ2n) is 3.76. The van der Waals surface area contributed by atoms with Crippen molar-refractivity contribution in [1.29, 1.82) is 0 Å². The lowest BCUT2D eigenvalue weighted by atomic mass is 10.3. The molecule has 1 aliphatic rings. The second kappa shape index (κ2) is 5.98. The summed E-state index contributed by atoms with van der Waals surface area (Å²) >= 11 is 2.53. The van der Waals surface area contributed by atoms with Gasteiger partial charge in [0.05, 0.1) is 10.6 Å². The number of aliphatic carboxylic acids is 1. The molecular formula is C11H11N3O3S2. The molecule has 2 heterocycles. The number of amidine groups is 1. The number of carbonyl (C=O) groups is 2. The normalized spacial score (nSPS) is 22.4. The molecule has 0 bridgehead atoms. The Kier molecular flexibility index (Phi) is 4.33. The molecular weight excluding hydrogens is 286 g/mol. The lowest BCUT2D eigenvalue weighted by Crippen LogP contribution is -2.40. The molecule has 0 spiro atoms. The van der Waals surface area contributed by atoms with E-state index >= 15 is 0 Å². The summed E-state index contributed by atoms with van der Waals surface area (Å²) in [4.78, 5) is 23.2. The molecule has 0 radical (unpaired) electrons. The van der Waals surface area contributed by atoms with Gasteiger partial charge in [0, 0.05) is 6.42 Å². The van der Waals surface area contributed by atoms with Crippen LogP contribution in [0.25, 0.3) is 0 Å². The van der Waals surface area contributed by atoms with Crippen molar-refractivity contribution in [3.05, 3.63) is 22.4 Å². The highest BCUT2D eigenvalue weighted by atomic mass is 32.2. The van der Waals surface area contributed by atoms with Gasteiger partial charge in [-0.15, -0.1) is 16.4 Å². The maximum absolute atomic E-state index is 11.3. The van der Waals surface area contributed by atoms with Crippen LogP contribution in [0, 0.1) is 0 Å². The highest BCUT2D eigenvalue weighted by Gasteiger charge is 2.29. The van der Waals surface area contributed by atoms with E-state index in [0.29, 0.717) is 0 Å². The van der Waals surface area contributed by atoms with Gasteiger partial charge in [-0.25, -0.2) is 0 Å². The molecule has 0 saturated carbocycles. The minimum atomic E-state index is -1.02. The first-order chi connectivity index (χ1) is 9.06. The zero-order valence-corrected chi connectivity index (χ0v) is 11.6. The van der Waals surface area contributed by atoms with Crippen molar-refractivity contribution >= 4 is 45.9 Å². The molecule has 2 rings (SSSR count). The van der Waals surface area contributed by atoms with Crippen molar-refractivity contribution in [2.75, 3.05) is 0 Å². The molecule has 19 heavy (non-hydrogen) atoms. The first kappa shape index (κ1) is 13.8. The quantitative estimate of drug-likeness (QED) is 0.654. The molecule has 8 heteroatoms. The van der Waals surface area contributed by atoms with Crippen LogP contribution in [0.2, 0.25) is 0 Å². The van der Waals surface area contributed by atoms with E-state index in [4.69, 9.17) is 5.11 Å². The number of thiophene rings is 1. The highest BCUT2D eigenvalue weighted by Crippen LogP contribution is 2.21. The molecule has 1 atom stereocenters. The van der Waals surface area contributed by atoms with Gasteiger partial charge in [0.1, 0.15) is 5.25 Å². The van der Waals surface area contributed by atoms with Crippen LogP contribution < -0.4 is 5.32 Å². The number of carboxylic acid groups (broad SMARTS) is 1. The molecule has 1 aromatic rings. The minimum Gasteiger partial charge on any atom is -0.480 e. The molecule has 0 aliphatic carbocycles. The van der Waals surface area contributed by atoms with E-state index in [1.54, 1.807) is 6.92 Å². The Hall–Kier alpha value is -1.67. The van der Waals surface area contributed by atoms with E-state index in [0.717, 1.165) is 22.4 Å². The fourth-order valence-corrected chi connectivity index (χ4v) is 2.92. The Balaban J connectivity index is 2.12. The van der Waals surface area contributed by atoms with E-state index in [-0.39, 0.29) is 17.5 Å². The van der Waals surface area contributed by atoms with E-state index in [1.807, 2.05) is 17.5 Å². The summed E-state index contributed by atoms with van der Waals surface area (Å²) in [6.45, 7) is 1.81. The first-order valence-electron chi connectivity index (χ1n) is 5.41. The van der Waals surface area contributed by atoms with Crippen molar-refractivity contribution in [2.45, 2.75) is 18.6 Å². The molecule has 1 aliphatic heterocycles. The molecule has 2 N–H and O–H groups in total. The number of nitrogens with zero attached hydrogens (tertiary/aromatic N) is 2. The number of hydrogen-bond donors (Lipinski definition) is 2. The summed E-state index contributed by atoms with van der Waals surface area (Å²) in [5.74, 6) is -1.37. The van der Waals surface area contributed by atoms with Crippen molar-refractivity contribution in [1.82, 2.24) is 5.32 Å². The van der Waals surface area contributed by atoms with Gasteiger partial charge in [-0.3, -0.25) is 9.59 Å². The van der Waals surface area contributed by atoms with Gasteiger partial charge in [0.25, 0.3) is 0 Å².